The van der Waals surface area contributed by atoms with Crippen molar-refractivity contribution in [3.63, 3.8) is 0 Å². The first-order valence-electron chi connectivity index (χ1n) is 7.52. The molecule has 2 heteroatoms. The number of hydrogen-bond acceptors (Lipinski definition) is 2. The molecule has 0 aliphatic heterocycles. The molecule has 1 heterocycles. The summed E-state index contributed by atoms with van der Waals surface area (Å²) >= 11 is 0. The zero-order valence-corrected chi connectivity index (χ0v) is 12.3. The topological polar surface area (TPSA) is 24.9 Å². The molecule has 2 unspecified atom stereocenters. The predicted molar refractivity (Wildman–Crippen MR) is 82.9 cm³/mol. The molecule has 1 aromatic carbocycles. The first kappa shape index (κ1) is 13.3. The van der Waals surface area contributed by atoms with Crippen molar-refractivity contribution in [2.24, 2.45) is 0 Å². The SMILES string of the molecule is CCNC(CC1Cc2ccccc21)c1cccc(C)n1. The van der Waals surface area contributed by atoms with Crippen LogP contribution in [0.25, 0.3) is 0 Å². The van der Waals surface area contributed by atoms with E-state index >= 15 is 0 Å². The predicted octanol–water partition coefficient (Wildman–Crippen LogP) is 3.77. The minimum atomic E-state index is 0.359. The highest BCUT2D eigenvalue weighted by molar-refractivity contribution is 5.40. The molecule has 1 N–H and O–H groups in total. The van der Waals surface area contributed by atoms with Crippen LogP contribution in [0.4, 0.5) is 0 Å². The van der Waals surface area contributed by atoms with E-state index in [1.54, 1.807) is 0 Å². The summed E-state index contributed by atoms with van der Waals surface area (Å²) in [5, 5.41) is 3.59. The molecule has 20 heavy (non-hydrogen) atoms. The van der Waals surface area contributed by atoms with Gasteiger partial charge in [0.15, 0.2) is 0 Å². The second-order valence-electron chi connectivity index (χ2n) is 5.65. The molecule has 0 bridgehead atoms. The van der Waals surface area contributed by atoms with E-state index in [2.05, 4.69) is 61.6 Å². The normalized spacial score (nSPS) is 18.2. The van der Waals surface area contributed by atoms with Gasteiger partial charge in [0.25, 0.3) is 0 Å². The Hall–Kier alpha value is -1.67. The van der Waals surface area contributed by atoms with Gasteiger partial charge in [-0.3, -0.25) is 4.98 Å². The lowest BCUT2D eigenvalue weighted by Gasteiger charge is -2.33. The van der Waals surface area contributed by atoms with Gasteiger partial charge in [-0.1, -0.05) is 37.3 Å². The lowest BCUT2D eigenvalue weighted by Crippen LogP contribution is -2.27. The molecule has 1 aliphatic carbocycles. The van der Waals surface area contributed by atoms with Crippen LogP contribution in [0.5, 0.6) is 0 Å². The Morgan fingerprint density at radius 2 is 2.05 bits per heavy atom. The fourth-order valence-corrected chi connectivity index (χ4v) is 3.17. The molecule has 0 amide bonds. The molecule has 0 radical (unpaired) electrons. The highest BCUT2D eigenvalue weighted by Gasteiger charge is 2.28. The van der Waals surface area contributed by atoms with Gasteiger partial charge in [-0.25, -0.2) is 0 Å². The van der Waals surface area contributed by atoms with Gasteiger partial charge in [-0.05, 0) is 55.5 Å². The second-order valence-corrected chi connectivity index (χ2v) is 5.65. The highest BCUT2D eigenvalue weighted by Crippen LogP contribution is 2.40. The van der Waals surface area contributed by atoms with Crippen LogP contribution in [-0.4, -0.2) is 11.5 Å². The molecule has 0 spiro atoms. The van der Waals surface area contributed by atoms with Crippen molar-refractivity contribution in [2.75, 3.05) is 6.54 Å². The van der Waals surface area contributed by atoms with Gasteiger partial charge in [0.2, 0.25) is 0 Å². The maximum Gasteiger partial charge on any atom is 0.0576 e. The number of hydrogen-bond donors (Lipinski definition) is 1. The summed E-state index contributed by atoms with van der Waals surface area (Å²) in [5.74, 6) is 0.678. The molecular weight excluding hydrogens is 244 g/mol. The molecule has 2 aromatic rings. The zero-order chi connectivity index (χ0) is 13.9. The monoisotopic (exact) mass is 266 g/mol. The Kier molecular flexibility index (Phi) is 3.83. The van der Waals surface area contributed by atoms with Gasteiger partial charge in [0.05, 0.1) is 11.7 Å². The Morgan fingerprint density at radius 3 is 2.80 bits per heavy atom. The molecule has 2 nitrogen and oxygen atoms in total. The molecule has 2 atom stereocenters. The van der Waals surface area contributed by atoms with Gasteiger partial charge < -0.3 is 5.32 Å². The Morgan fingerprint density at radius 1 is 1.20 bits per heavy atom. The number of benzene rings is 1. The molecule has 104 valence electrons. The van der Waals surface area contributed by atoms with Gasteiger partial charge in [0, 0.05) is 5.69 Å². The van der Waals surface area contributed by atoms with E-state index in [-0.39, 0.29) is 0 Å². The van der Waals surface area contributed by atoms with E-state index in [0.29, 0.717) is 12.0 Å². The Labute approximate surface area is 121 Å². The molecular formula is C18H22N2. The summed E-state index contributed by atoms with van der Waals surface area (Å²) in [5.41, 5.74) is 5.32. The van der Waals surface area contributed by atoms with Crippen LogP contribution in [-0.2, 0) is 6.42 Å². The Bertz CT molecular complexity index is 591. The summed E-state index contributed by atoms with van der Waals surface area (Å²) < 4.78 is 0. The summed E-state index contributed by atoms with van der Waals surface area (Å²) in [6, 6.07) is 15.5. The molecule has 1 aliphatic rings. The number of nitrogens with zero attached hydrogens (tertiary/aromatic N) is 1. The number of rotatable bonds is 5. The zero-order valence-electron chi connectivity index (χ0n) is 12.3. The van der Waals surface area contributed by atoms with Crippen LogP contribution in [0.1, 0.15) is 47.8 Å². The second kappa shape index (κ2) is 5.76. The van der Waals surface area contributed by atoms with E-state index in [9.17, 15) is 0 Å². The third-order valence-corrected chi connectivity index (χ3v) is 4.20. The van der Waals surface area contributed by atoms with Crippen molar-refractivity contribution >= 4 is 0 Å². The van der Waals surface area contributed by atoms with Crippen LogP contribution in [0.2, 0.25) is 0 Å². The fraction of sp³-hybridized carbons (Fsp3) is 0.389. The lowest BCUT2D eigenvalue weighted by atomic mass is 9.74. The van der Waals surface area contributed by atoms with E-state index < -0.39 is 0 Å². The number of pyridine rings is 1. The third kappa shape index (κ3) is 2.61. The van der Waals surface area contributed by atoms with Crippen LogP contribution < -0.4 is 5.32 Å². The fourth-order valence-electron chi connectivity index (χ4n) is 3.17. The highest BCUT2D eigenvalue weighted by atomic mass is 14.9. The van der Waals surface area contributed by atoms with Gasteiger partial charge in [-0.2, -0.15) is 0 Å². The third-order valence-electron chi connectivity index (χ3n) is 4.20. The summed E-state index contributed by atoms with van der Waals surface area (Å²) in [6.07, 6.45) is 2.35. The number of fused-ring (bicyclic) bond motifs is 1. The summed E-state index contributed by atoms with van der Waals surface area (Å²) in [4.78, 5) is 4.70. The Balaban J connectivity index is 1.76. The van der Waals surface area contributed by atoms with Crippen LogP contribution in [0.15, 0.2) is 42.5 Å². The van der Waals surface area contributed by atoms with Crippen molar-refractivity contribution in [3.05, 3.63) is 65.0 Å². The van der Waals surface area contributed by atoms with E-state index in [1.807, 2.05) is 0 Å². The van der Waals surface area contributed by atoms with Crippen molar-refractivity contribution in [2.45, 2.75) is 38.6 Å². The maximum absolute atomic E-state index is 4.70. The molecule has 0 saturated carbocycles. The van der Waals surface area contributed by atoms with E-state index in [4.69, 9.17) is 4.98 Å². The smallest absolute Gasteiger partial charge is 0.0576 e. The summed E-state index contributed by atoms with van der Waals surface area (Å²) in [6.45, 7) is 5.21. The minimum Gasteiger partial charge on any atom is -0.309 e. The van der Waals surface area contributed by atoms with E-state index in [0.717, 1.165) is 18.7 Å². The first-order valence-corrected chi connectivity index (χ1v) is 7.52. The van der Waals surface area contributed by atoms with Crippen molar-refractivity contribution in [1.82, 2.24) is 10.3 Å². The van der Waals surface area contributed by atoms with Gasteiger partial charge in [0.1, 0.15) is 0 Å². The lowest BCUT2D eigenvalue weighted by molar-refractivity contribution is 0.428. The summed E-state index contributed by atoms with van der Waals surface area (Å²) in [7, 11) is 0. The maximum atomic E-state index is 4.70. The minimum absolute atomic E-state index is 0.359. The number of aromatic nitrogens is 1. The van der Waals surface area contributed by atoms with Gasteiger partial charge in [-0.15, -0.1) is 0 Å². The van der Waals surface area contributed by atoms with Crippen molar-refractivity contribution < 1.29 is 0 Å². The van der Waals surface area contributed by atoms with Gasteiger partial charge >= 0.3 is 0 Å². The average molecular weight is 266 g/mol. The molecule has 3 rings (SSSR count). The van der Waals surface area contributed by atoms with Crippen LogP contribution >= 0.6 is 0 Å². The van der Waals surface area contributed by atoms with Crippen molar-refractivity contribution in [3.8, 4) is 0 Å². The molecule has 1 aromatic heterocycles. The first-order chi connectivity index (χ1) is 9.78. The largest absolute Gasteiger partial charge is 0.309 e. The van der Waals surface area contributed by atoms with Crippen LogP contribution in [0.3, 0.4) is 0 Å². The standard InChI is InChI=1S/C18H22N2/c1-3-19-18(17-10-6-7-13(2)20-17)12-15-11-14-8-4-5-9-16(14)15/h4-10,15,18-19H,3,11-12H2,1-2H3. The molecule has 0 fully saturated rings. The average Bonchev–Trinajstić information content (AvgIpc) is 2.43. The van der Waals surface area contributed by atoms with Crippen LogP contribution in [0, 0.1) is 6.92 Å². The number of aryl methyl sites for hydroxylation is 1. The molecule has 0 saturated heterocycles. The number of nitrogens with one attached hydrogen (secondary N) is 1. The quantitative estimate of drug-likeness (QED) is 0.891. The van der Waals surface area contributed by atoms with E-state index in [1.165, 1.54) is 23.2 Å². The van der Waals surface area contributed by atoms with Crippen molar-refractivity contribution in [1.29, 1.82) is 0 Å².